The summed E-state index contributed by atoms with van der Waals surface area (Å²) in [4.78, 5) is 28.9. The molecule has 0 aliphatic carbocycles. The van der Waals surface area contributed by atoms with Gasteiger partial charge in [-0.2, -0.15) is 0 Å². The number of amides is 2. The number of benzene rings is 3. The van der Waals surface area contributed by atoms with Crippen molar-refractivity contribution in [1.29, 1.82) is 0 Å². The zero-order chi connectivity index (χ0) is 29.3. The van der Waals surface area contributed by atoms with Crippen molar-refractivity contribution in [3.05, 3.63) is 94.5 Å². The van der Waals surface area contributed by atoms with Crippen LogP contribution in [0.3, 0.4) is 0 Å². The molecule has 1 unspecified atom stereocenters. The van der Waals surface area contributed by atoms with Gasteiger partial charge in [0.05, 0.1) is 10.6 Å². The molecule has 3 aromatic rings. The fourth-order valence-electron chi connectivity index (χ4n) is 4.41. The van der Waals surface area contributed by atoms with E-state index >= 15 is 0 Å². The fraction of sp³-hybridized carbons (Fsp3) is 0.355. The summed E-state index contributed by atoms with van der Waals surface area (Å²) in [7, 11) is -4.14. The van der Waals surface area contributed by atoms with Crippen LogP contribution in [0.15, 0.2) is 77.7 Å². The van der Waals surface area contributed by atoms with Crippen LogP contribution in [0.4, 0.5) is 5.69 Å². The van der Waals surface area contributed by atoms with Gasteiger partial charge in [-0.15, -0.1) is 0 Å². The number of nitrogens with one attached hydrogen (secondary N) is 1. The molecule has 3 rings (SSSR count). The first-order valence-corrected chi connectivity index (χ1v) is 15.4. The molecule has 0 aromatic heterocycles. The SMILES string of the molecule is CCCCNC(=O)C(CC)N(Cc1ccc(C)cc1)C(=O)CN(c1ccccc1C)S(=O)(=O)c1ccc(Cl)cc1. The molecule has 0 aliphatic heterocycles. The van der Waals surface area contributed by atoms with Crippen molar-refractivity contribution in [3.63, 3.8) is 0 Å². The Morgan fingerprint density at radius 1 is 0.925 bits per heavy atom. The molecule has 0 saturated carbocycles. The molecule has 3 aromatic carbocycles. The van der Waals surface area contributed by atoms with Gasteiger partial charge in [-0.25, -0.2) is 8.42 Å². The van der Waals surface area contributed by atoms with Crippen molar-refractivity contribution in [1.82, 2.24) is 10.2 Å². The summed E-state index contributed by atoms with van der Waals surface area (Å²) in [6.07, 6.45) is 2.13. The predicted octanol–water partition coefficient (Wildman–Crippen LogP) is 5.88. The summed E-state index contributed by atoms with van der Waals surface area (Å²) < 4.78 is 29.0. The Morgan fingerprint density at radius 3 is 2.17 bits per heavy atom. The number of halogens is 1. The van der Waals surface area contributed by atoms with Gasteiger partial charge in [0.15, 0.2) is 0 Å². The zero-order valence-corrected chi connectivity index (χ0v) is 25.1. The summed E-state index contributed by atoms with van der Waals surface area (Å²) in [6, 6.07) is 19.8. The Bertz CT molecular complexity index is 1390. The van der Waals surface area contributed by atoms with E-state index in [1.165, 1.54) is 29.2 Å². The van der Waals surface area contributed by atoms with Gasteiger partial charge in [0.1, 0.15) is 12.6 Å². The highest BCUT2D eigenvalue weighted by Crippen LogP contribution is 2.28. The van der Waals surface area contributed by atoms with E-state index in [0.717, 1.165) is 28.3 Å². The molecule has 0 radical (unpaired) electrons. The molecule has 214 valence electrons. The molecule has 0 fully saturated rings. The molecule has 0 heterocycles. The number of hydrogen-bond acceptors (Lipinski definition) is 4. The van der Waals surface area contributed by atoms with Gasteiger partial charge in [0, 0.05) is 18.1 Å². The van der Waals surface area contributed by atoms with E-state index in [2.05, 4.69) is 5.32 Å². The number of para-hydroxylation sites is 1. The lowest BCUT2D eigenvalue weighted by molar-refractivity contribution is -0.140. The van der Waals surface area contributed by atoms with Crippen molar-refractivity contribution in [2.45, 2.75) is 64.4 Å². The smallest absolute Gasteiger partial charge is 0.264 e. The van der Waals surface area contributed by atoms with E-state index in [1.54, 1.807) is 25.1 Å². The highest BCUT2D eigenvalue weighted by atomic mass is 35.5. The summed E-state index contributed by atoms with van der Waals surface area (Å²) in [5.41, 5.74) is 3.01. The number of rotatable bonds is 13. The molecule has 9 heteroatoms. The Hall–Kier alpha value is -3.36. The third-order valence-electron chi connectivity index (χ3n) is 6.75. The van der Waals surface area contributed by atoms with Gasteiger partial charge in [-0.3, -0.25) is 13.9 Å². The third-order valence-corrected chi connectivity index (χ3v) is 8.78. The number of anilines is 1. The van der Waals surface area contributed by atoms with Crippen LogP contribution in [-0.2, 0) is 26.2 Å². The molecule has 0 saturated heterocycles. The lowest BCUT2D eigenvalue weighted by Crippen LogP contribution is -2.52. The molecule has 0 bridgehead atoms. The lowest BCUT2D eigenvalue weighted by Gasteiger charge is -2.33. The van der Waals surface area contributed by atoms with Crippen LogP contribution in [0.1, 0.15) is 49.8 Å². The maximum absolute atomic E-state index is 14.1. The average Bonchev–Trinajstić information content (AvgIpc) is 2.93. The highest BCUT2D eigenvalue weighted by molar-refractivity contribution is 7.92. The monoisotopic (exact) mass is 583 g/mol. The molecule has 2 amide bonds. The highest BCUT2D eigenvalue weighted by Gasteiger charge is 2.34. The van der Waals surface area contributed by atoms with Crippen LogP contribution in [0, 0.1) is 13.8 Å². The molecule has 0 spiro atoms. The minimum absolute atomic E-state index is 0.0161. The number of carbonyl (C=O) groups excluding carboxylic acids is 2. The van der Waals surface area contributed by atoms with Gasteiger partial charge < -0.3 is 10.2 Å². The summed E-state index contributed by atoms with van der Waals surface area (Å²) >= 11 is 6.01. The minimum atomic E-state index is -4.14. The Kier molecular flexibility index (Phi) is 11.2. The first-order chi connectivity index (χ1) is 19.1. The fourth-order valence-corrected chi connectivity index (χ4v) is 6.01. The van der Waals surface area contributed by atoms with E-state index in [4.69, 9.17) is 11.6 Å². The Labute approximate surface area is 243 Å². The standard InChI is InChI=1S/C31H38ClN3O4S/c1-5-7-20-33-31(37)28(6-2)34(21-25-14-12-23(3)13-15-25)30(36)22-35(29-11-9-8-10-24(29)4)40(38,39)27-18-16-26(32)17-19-27/h8-19,28H,5-7,20-22H2,1-4H3,(H,33,37). The van der Waals surface area contributed by atoms with Crippen LogP contribution >= 0.6 is 11.6 Å². The largest absolute Gasteiger partial charge is 0.354 e. The first kappa shape index (κ1) is 31.2. The van der Waals surface area contributed by atoms with Crippen molar-refractivity contribution < 1.29 is 18.0 Å². The van der Waals surface area contributed by atoms with Crippen LogP contribution in [-0.4, -0.2) is 44.3 Å². The molecule has 40 heavy (non-hydrogen) atoms. The van der Waals surface area contributed by atoms with Crippen LogP contribution in [0.5, 0.6) is 0 Å². The quantitative estimate of drug-likeness (QED) is 0.255. The number of unbranched alkanes of at least 4 members (excludes halogenated alkanes) is 1. The lowest BCUT2D eigenvalue weighted by atomic mass is 10.1. The Morgan fingerprint density at radius 2 is 1.57 bits per heavy atom. The first-order valence-electron chi connectivity index (χ1n) is 13.5. The number of sulfonamides is 1. The molecule has 1 atom stereocenters. The summed E-state index contributed by atoms with van der Waals surface area (Å²) in [5.74, 6) is -0.724. The second-order valence-corrected chi connectivity index (χ2v) is 12.1. The van der Waals surface area contributed by atoms with Gasteiger partial charge in [-0.1, -0.05) is 79.9 Å². The van der Waals surface area contributed by atoms with Crippen molar-refractivity contribution in [2.24, 2.45) is 0 Å². The number of carbonyl (C=O) groups is 2. The van der Waals surface area contributed by atoms with E-state index in [-0.39, 0.29) is 17.3 Å². The topological polar surface area (TPSA) is 86.8 Å². The minimum Gasteiger partial charge on any atom is -0.354 e. The maximum Gasteiger partial charge on any atom is 0.264 e. The number of aryl methyl sites for hydroxylation is 2. The second kappa shape index (κ2) is 14.3. The normalized spacial score (nSPS) is 12.0. The molecule has 7 nitrogen and oxygen atoms in total. The second-order valence-electron chi connectivity index (χ2n) is 9.83. The molecule has 1 N–H and O–H groups in total. The predicted molar refractivity (Wildman–Crippen MR) is 161 cm³/mol. The summed E-state index contributed by atoms with van der Waals surface area (Å²) in [6.45, 7) is 7.87. The van der Waals surface area contributed by atoms with Crippen LogP contribution < -0.4 is 9.62 Å². The molecule has 0 aliphatic rings. The van der Waals surface area contributed by atoms with Crippen molar-refractivity contribution in [3.8, 4) is 0 Å². The van der Waals surface area contributed by atoms with Gasteiger partial charge in [-0.05, 0) is 68.1 Å². The third kappa shape index (κ3) is 7.86. The number of nitrogens with zero attached hydrogens (tertiary/aromatic N) is 2. The number of hydrogen-bond donors (Lipinski definition) is 1. The Balaban J connectivity index is 2.04. The van der Waals surface area contributed by atoms with Crippen LogP contribution in [0.2, 0.25) is 5.02 Å². The zero-order valence-electron chi connectivity index (χ0n) is 23.6. The summed E-state index contributed by atoms with van der Waals surface area (Å²) in [5, 5.41) is 3.35. The van der Waals surface area contributed by atoms with E-state index < -0.39 is 28.5 Å². The maximum atomic E-state index is 14.1. The average molecular weight is 584 g/mol. The van der Waals surface area contributed by atoms with E-state index in [9.17, 15) is 18.0 Å². The van der Waals surface area contributed by atoms with Crippen molar-refractivity contribution >= 4 is 39.1 Å². The molecular weight excluding hydrogens is 546 g/mol. The van der Waals surface area contributed by atoms with Crippen LogP contribution in [0.25, 0.3) is 0 Å². The van der Waals surface area contributed by atoms with E-state index in [1.807, 2.05) is 51.1 Å². The van der Waals surface area contributed by atoms with Gasteiger partial charge in [0.2, 0.25) is 11.8 Å². The van der Waals surface area contributed by atoms with Gasteiger partial charge >= 0.3 is 0 Å². The van der Waals surface area contributed by atoms with E-state index in [0.29, 0.717) is 29.2 Å². The van der Waals surface area contributed by atoms with Gasteiger partial charge in [0.25, 0.3) is 10.0 Å². The van der Waals surface area contributed by atoms with Crippen molar-refractivity contribution in [2.75, 3.05) is 17.4 Å². The molecular formula is C31H38ClN3O4S.